The fourth-order valence-electron chi connectivity index (χ4n) is 1.53. The van der Waals surface area contributed by atoms with Crippen LogP contribution in [0.1, 0.15) is 40.0 Å². The van der Waals surface area contributed by atoms with E-state index in [-0.39, 0.29) is 18.7 Å². The molecule has 0 aromatic carbocycles. The molecule has 0 saturated carbocycles. The highest BCUT2D eigenvalue weighted by atomic mass is 16.3. The molecular weight excluding hydrogens is 176 g/mol. The van der Waals surface area contributed by atoms with Crippen LogP contribution < -0.4 is 5.32 Å². The predicted octanol–water partition coefficient (Wildman–Crippen LogP) is 1.68. The first-order valence-electron chi connectivity index (χ1n) is 5.37. The lowest BCUT2D eigenvalue weighted by atomic mass is 10.0. The van der Waals surface area contributed by atoms with Crippen molar-refractivity contribution in [3.8, 4) is 6.07 Å². The molecule has 2 N–H and O–H groups in total. The van der Waals surface area contributed by atoms with Gasteiger partial charge in [-0.2, -0.15) is 5.26 Å². The SMILES string of the molecule is CCC(CC#N)NC(CO)CC(C)C. The van der Waals surface area contributed by atoms with Gasteiger partial charge in [-0.25, -0.2) is 0 Å². The van der Waals surface area contributed by atoms with E-state index in [1.807, 2.05) is 0 Å². The Bertz CT molecular complexity index is 175. The molecule has 0 aromatic rings. The molecule has 0 heterocycles. The van der Waals surface area contributed by atoms with Gasteiger partial charge in [0.2, 0.25) is 0 Å². The van der Waals surface area contributed by atoms with Crippen molar-refractivity contribution in [3.63, 3.8) is 0 Å². The van der Waals surface area contributed by atoms with E-state index in [1.54, 1.807) is 0 Å². The first kappa shape index (κ1) is 13.4. The maximum Gasteiger partial charge on any atom is 0.0638 e. The summed E-state index contributed by atoms with van der Waals surface area (Å²) in [5.41, 5.74) is 0. The molecule has 2 atom stereocenters. The summed E-state index contributed by atoms with van der Waals surface area (Å²) in [5.74, 6) is 0.569. The largest absolute Gasteiger partial charge is 0.395 e. The zero-order valence-corrected chi connectivity index (χ0v) is 9.45. The van der Waals surface area contributed by atoms with E-state index >= 15 is 0 Å². The van der Waals surface area contributed by atoms with Crippen molar-refractivity contribution in [2.45, 2.75) is 52.1 Å². The number of hydrogen-bond donors (Lipinski definition) is 2. The van der Waals surface area contributed by atoms with Gasteiger partial charge in [0.25, 0.3) is 0 Å². The van der Waals surface area contributed by atoms with Gasteiger partial charge in [-0.3, -0.25) is 0 Å². The van der Waals surface area contributed by atoms with Gasteiger partial charge >= 0.3 is 0 Å². The zero-order valence-electron chi connectivity index (χ0n) is 9.45. The normalized spacial score (nSPS) is 15.1. The lowest BCUT2D eigenvalue weighted by Crippen LogP contribution is -2.40. The molecule has 0 amide bonds. The second-order valence-electron chi connectivity index (χ2n) is 4.14. The summed E-state index contributed by atoms with van der Waals surface area (Å²) >= 11 is 0. The van der Waals surface area contributed by atoms with Crippen LogP contribution >= 0.6 is 0 Å². The molecular formula is C11H22N2O. The highest BCUT2D eigenvalue weighted by molar-refractivity contribution is 4.82. The van der Waals surface area contributed by atoms with E-state index in [4.69, 9.17) is 10.4 Å². The Hall–Kier alpha value is -0.590. The molecule has 0 bridgehead atoms. The molecule has 82 valence electrons. The van der Waals surface area contributed by atoms with Gasteiger partial charge in [0.15, 0.2) is 0 Å². The Morgan fingerprint density at radius 1 is 1.36 bits per heavy atom. The van der Waals surface area contributed by atoms with Gasteiger partial charge in [-0.05, 0) is 18.8 Å². The molecule has 0 aromatic heterocycles. The van der Waals surface area contributed by atoms with E-state index in [0.717, 1.165) is 12.8 Å². The highest BCUT2D eigenvalue weighted by Crippen LogP contribution is 2.07. The maximum atomic E-state index is 9.14. The highest BCUT2D eigenvalue weighted by Gasteiger charge is 2.14. The maximum absolute atomic E-state index is 9.14. The molecule has 0 aliphatic rings. The van der Waals surface area contributed by atoms with Crippen molar-refractivity contribution < 1.29 is 5.11 Å². The summed E-state index contributed by atoms with van der Waals surface area (Å²) in [6, 6.07) is 2.51. The van der Waals surface area contributed by atoms with Crippen LogP contribution in [0.2, 0.25) is 0 Å². The van der Waals surface area contributed by atoms with E-state index in [1.165, 1.54) is 0 Å². The van der Waals surface area contributed by atoms with Crippen molar-refractivity contribution in [1.29, 1.82) is 5.26 Å². The van der Waals surface area contributed by atoms with Gasteiger partial charge in [0.05, 0.1) is 19.1 Å². The quantitative estimate of drug-likeness (QED) is 0.654. The molecule has 0 aliphatic heterocycles. The fourth-order valence-corrected chi connectivity index (χ4v) is 1.53. The Morgan fingerprint density at radius 3 is 2.36 bits per heavy atom. The van der Waals surface area contributed by atoms with Crippen LogP contribution in [0.5, 0.6) is 0 Å². The van der Waals surface area contributed by atoms with E-state index < -0.39 is 0 Å². The average Bonchev–Trinajstić information content (AvgIpc) is 2.15. The lowest BCUT2D eigenvalue weighted by molar-refractivity contribution is 0.212. The molecule has 0 radical (unpaired) electrons. The van der Waals surface area contributed by atoms with Crippen LogP contribution in [0.4, 0.5) is 0 Å². The summed E-state index contributed by atoms with van der Waals surface area (Å²) in [7, 11) is 0. The molecule has 0 rings (SSSR count). The minimum absolute atomic E-state index is 0.133. The van der Waals surface area contributed by atoms with Crippen LogP contribution in [0.25, 0.3) is 0 Å². The van der Waals surface area contributed by atoms with Crippen LogP contribution in [0, 0.1) is 17.2 Å². The Kier molecular flexibility index (Phi) is 7.45. The molecule has 3 nitrogen and oxygen atoms in total. The molecule has 0 spiro atoms. The molecule has 14 heavy (non-hydrogen) atoms. The lowest BCUT2D eigenvalue weighted by Gasteiger charge is -2.23. The number of hydrogen-bond acceptors (Lipinski definition) is 3. The smallest absolute Gasteiger partial charge is 0.0638 e. The van der Waals surface area contributed by atoms with Gasteiger partial charge < -0.3 is 10.4 Å². The van der Waals surface area contributed by atoms with Gasteiger partial charge in [0.1, 0.15) is 0 Å². The average molecular weight is 198 g/mol. The summed E-state index contributed by atoms with van der Waals surface area (Å²) < 4.78 is 0. The Morgan fingerprint density at radius 2 is 2.00 bits per heavy atom. The second-order valence-corrected chi connectivity index (χ2v) is 4.14. The third-order valence-corrected chi connectivity index (χ3v) is 2.28. The van der Waals surface area contributed by atoms with Crippen molar-refractivity contribution in [3.05, 3.63) is 0 Å². The van der Waals surface area contributed by atoms with Crippen molar-refractivity contribution in [1.82, 2.24) is 5.32 Å². The van der Waals surface area contributed by atoms with Gasteiger partial charge in [-0.15, -0.1) is 0 Å². The van der Waals surface area contributed by atoms with Crippen molar-refractivity contribution in [2.24, 2.45) is 5.92 Å². The molecule has 0 fully saturated rings. The molecule has 0 aliphatic carbocycles. The Labute approximate surface area is 87.1 Å². The predicted molar refractivity (Wildman–Crippen MR) is 57.8 cm³/mol. The van der Waals surface area contributed by atoms with Crippen molar-refractivity contribution in [2.75, 3.05) is 6.61 Å². The van der Waals surface area contributed by atoms with Crippen LogP contribution in [0.15, 0.2) is 0 Å². The summed E-state index contributed by atoms with van der Waals surface area (Å²) in [6.45, 7) is 6.48. The zero-order chi connectivity index (χ0) is 11.0. The minimum atomic E-state index is 0.133. The van der Waals surface area contributed by atoms with E-state index in [9.17, 15) is 0 Å². The van der Waals surface area contributed by atoms with Gasteiger partial charge in [0, 0.05) is 12.1 Å². The number of aliphatic hydroxyl groups excluding tert-OH is 1. The third-order valence-electron chi connectivity index (χ3n) is 2.28. The molecule has 2 unspecified atom stereocenters. The standard InChI is InChI=1S/C11H22N2O/c1-4-10(5-6-12)13-11(8-14)7-9(2)3/h9-11,13-14H,4-5,7-8H2,1-3H3. The van der Waals surface area contributed by atoms with Crippen LogP contribution in [0.3, 0.4) is 0 Å². The molecule has 0 saturated heterocycles. The van der Waals surface area contributed by atoms with Crippen LogP contribution in [-0.2, 0) is 0 Å². The first-order valence-corrected chi connectivity index (χ1v) is 5.37. The third kappa shape index (κ3) is 5.95. The van der Waals surface area contributed by atoms with Gasteiger partial charge in [-0.1, -0.05) is 20.8 Å². The number of rotatable bonds is 7. The monoisotopic (exact) mass is 198 g/mol. The summed E-state index contributed by atoms with van der Waals surface area (Å²) in [5, 5.41) is 21.0. The van der Waals surface area contributed by atoms with E-state index in [2.05, 4.69) is 32.2 Å². The van der Waals surface area contributed by atoms with Crippen LogP contribution in [-0.4, -0.2) is 23.8 Å². The number of nitriles is 1. The van der Waals surface area contributed by atoms with E-state index in [0.29, 0.717) is 12.3 Å². The topological polar surface area (TPSA) is 56.0 Å². The van der Waals surface area contributed by atoms with Crippen molar-refractivity contribution >= 4 is 0 Å². The number of nitrogens with one attached hydrogen (secondary N) is 1. The fraction of sp³-hybridized carbons (Fsp3) is 0.909. The summed E-state index contributed by atoms with van der Waals surface area (Å²) in [4.78, 5) is 0. The minimum Gasteiger partial charge on any atom is -0.395 e. The summed E-state index contributed by atoms with van der Waals surface area (Å²) in [6.07, 6.45) is 2.41. The first-order chi connectivity index (χ1) is 6.63. The number of aliphatic hydroxyl groups is 1. The second kappa shape index (κ2) is 7.78. The Balaban J connectivity index is 3.94. The number of nitrogens with zero attached hydrogens (tertiary/aromatic N) is 1. The molecule has 3 heteroatoms.